The van der Waals surface area contributed by atoms with Crippen molar-refractivity contribution in [1.29, 1.82) is 0 Å². The van der Waals surface area contributed by atoms with Crippen LogP contribution in [0.2, 0.25) is 0 Å². The van der Waals surface area contributed by atoms with Crippen LogP contribution in [0, 0.1) is 0 Å². The van der Waals surface area contributed by atoms with E-state index in [1.165, 1.54) is 64.2 Å². The highest BCUT2D eigenvalue weighted by atomic mass is 16.1. The van der Waals surface area contributed by atoms with Crippen LogP contribution in [0.1, 0.15) is 111 Å². The first kappa shape index (κ1) is 24.8. The van der Waals surface area contributed by atoms with Crippen molar-refractivity contribution in [3.05, 3.63) is 71.1 Å². The highest BCUT2D eigenvalue weighted by Crippen LogP contribution is 2.42. The van der Waals surface area contributed by atoms with Gasteiger partial charge in [0.25, 0.3) is 0 Å². The maximum absolute atomic E-state index is 13.8. The molecule has 2 aromatic carbocycles. The number of allylic oxidation sites excluding steroid dienone is 2. The van der Waals surface area contributed by atoms with Crippen molar-refractivity contribution in [2.45, 2.75) is 89.9 Å². The molecule has 0 saturated heterocycles. The minimum atomic E-state index is -0.00565. The second-order valence-corrected chi connectivity index (χ2v) is 10.6. The van der Waals surface area contributed by atoms with Gasteiger partial charge in [-0.1, -0.05) is 101 Å². The van der Waals surface area contributed by atoms with E-state index in [0.717, 1.165) is 61.3 Å². The van der Waals surface area contributed by atoms with Crippen LogP contribution in [0.25, 0.3) is 0 Å². The van der Waals surface area contributed by atoms with E-state index < -0.39 is 0 Å². The number of para-hydroxylation sites is 2. The molecule has 0 aromatic heterocycles. The van der Waals surface area contributed by atoms with Gasteiger partial charge < -0.3 is 9.80 Å². The second-order valence-electron chi connectivity index (χ2n) is 10.6. The lowest BCUT2D eigenvalue weighted by Gasteiger charge is -2.26. The molecule has 0 unspecified atom stereocenters. The third-order valence-electron chi connectivity index (χ3n) is 8.09. The Labute approximate surface area is 216 Å². The van der Waals surface area contributed by atoms with Gasteiger partial charge in [0.15, 0.2) is 0 Å². The number of Topliss-reactive ketones (excluding diaryl/α,β-unsaturated/α-hetero) is 2. The maximum Gasteiger partial charge on any atom is 0.213 e. The number of nitrogens with zero attached hydrogens (tertiary/aromatic N) is 2. The van der Waals surface area contributed by atoms with Crippen LogP contribution in [0.4, 0.5) is 11.4 Å². The molecule has 3 aliphatic heterocycles. The summed E-state index contributed by atoms with van der Waals surface area (Å²) in [5.41, 5.74) is 4.54. The topological polar surface area (TPSA) is 40.6 Å². The van der Waals surface area contributed by atoms with E-state index in [4.69, 9.17) is 0 Å². The lowest BCUT2D eigenvalue weighted by Crippen LogP contribution is -2.31. The van der Waals surface area contributed by atoms with Crippen LogP contribution in [0.15, 0.2) is 59.9 Å². The van der Waals surface area contributed by atoms with Crippen molar-refractivity contribution in [3.63, 3.8) is 0 Å². The molecule has 0 bridgehead atoms. The third-order valence-corrected chi connectivity index (χ3v) is 8.09. The molecule has 0 spiro atoms. The van der Waals surface area contributed by atoms with Crippen LogP contribution in [-0.2, 0) is 0 Å². The summed E-state index contributed by atoms with van der Waals surface area (Å²) in [7, 11) is 0. The summed E-state index contributed by atoms with van der Waals surface area (Å²) < 4.78 is 0. The van der Waals surface area contributed by atoms with Gasteiger partial charge in [0, 0.05) is 24.2 Å². The molecular weight excluding hydrogens is 444 g/mol. The number of ketones is 2. The molecule has 0 saturated carbocycles. The lowest BCUT2D eigenvalue weighted by atomic mass is 10.0. The molecule has 0 N–H and O–H groups in total. The van der Waals surface area contributed by atoms with Gasteiger partial charge in [0.1, 0.15) is 11.4 Å². The Hall–Kier alpha value is -2.88. The zero-order chi connectivity index (χ0) is 24.7. The SMILES string of the molecule is O=C1/C2=C3/C(=O)c4ccccc4N3CCCCCCCCCCCCCCCCN2c2ccccc21. The standard InChI is InChI=1S/C32H40N2O2/c35-31-25-19-13-15-21-27(25)33-23-17-11-9-7-5-3-1-2-4-6-8-10-12-18-24-34-28-22-16-14-20-26(28)32(36)30(34)29(31)33/h13-16,19-22H,1-12,17-18,23-24H2/b30-29+. The van der Waals surface area contributed by atoms with E-state index in [2.05, 4.69) is 9.80 Å². The van der Waals surface area contributed by atoms with Crippen LogP contribution in [0.3, 0.4) is 0 Å². The monoisotopic (exact) mass is 484 g/mol. The molecule has 4 heteroatoms. The Bertz CT molecular complexity index is 1030. The minimum Gasteiger partial charge on any atom is -0.336 e. The van der Waals surface area contributed by atoms with E-state index in [0.29, 0.717) is 11.4 Å². The molecule has 0 aliphatic carbocycles. The second kappa shape index (κ2) is 11.9. The van der Waals surface area contributed by atoms with Gasteiger partial charge >= 0.3 is 0 Å². The first-order valence-electron chi connectivity index (χ1n) is 14.3. The van der Waals surface area contributed by atoms with Gasteiger partial charge in [-0.15, -0.1) is 0 Å². The number of fused-ring (bicyclic) bond motifs is 6. The number of hydrogen-bond acceptors (Lipinski definition) is 4. The minimum absolute atomic E-state index is 0.00565. The van der Waals surface area contributed by atoms with Gasteiger partial charge in [-0.3, -0.25) is 9.59 Å². The normalized spacial score (nSPS) is 22.6. The van der Waals surface area contributed by atoms with Gasteiger partial charge in [0.2, 0.25) is 11.6 Å². The number of anilines is 2. The highest BCUT2D eigenvalue weighted by molar-refractivity contribution is 6.28. The first-order chi connectivity index (χ1) is 17.8. The number of benzene rings is 2. The Kier molecular flexibility index (Phi) is 8.20. The van der Waals surface area contributed by atoms with Crippen molar-refractivity contribution >= 4 is 22.9 Å². The molecule has 190 valence electrons. The van der Waals surface area contributed by atoms with E-state index in [-0.39, 0.29) is 11.6 Å². The molecule has 3 heterocycles. The number of hydrogen-bond donors (Lipinski definition) is 0. The first-order valence-corrected chi connectivity index (χ1v) is 14.3. The van der Waals surface area contributed by atoms with Crippen LogP contribution < -0.4 is 9.80 Å². The largest absolute Gasteiger partial charge is 0.336 e. The summed E-state index contributed by atoms with van der Waals surface area (Å²) in [6, 6.07) is 15.8. The fraction of sp³-hybridized carbons (Fsp3) is 0.500. The Morgan fingerprint density at radius 3 is 1.08 bits per heavy atom. The zero-order valence-electron chi connectivity index (χ0n) is 21.6. The molecule has 36 heavy (non-hydrogen) atoms. The predicted molar refractivity (Wildman–Crippen MR) is 148 cm³/mol. The maximum atomic E-state index is 13.8. The summed E-state index contributed by atoms with van der Waals surface area (Å²) in [4.78, 5) is 31.9. The Balaban J connectivity index is 1.47. The number of carbonyl (C=O) groups is 2. The Morgan fingerprint density at radius 1 is 0.417 bits per heavy atom. The molecule has 0 atom stereocenters. The molecule has 0 amide bonds. The molecular formula is C32H40N2O2. The average Bonchev–Trinajstić information content (AvgIpc) is 3.33. The zero-order valence-corrected chi connectivity index (χ0v) is 21.6. The van der Waals surface area contributed by atoms with E-state index in [1.54, 1.807) is 0 Å². The fourth-order valence-electron chi connectivity index (χ4n) is 6.14. The van der Waals surface area contributed by atoms with Gasteiger partial charge in [-0.2, -0.15) is 0 Å². The quantitative estimate of drug-likeness (QED) is 0.379. The van der Waals surface area contributed by atoms with Gasteiger partial charge in [-0.25, -0.2) is 0 Å². The van der Waals surface area contributed by atoms with E-state index in [1.807, 2.05) is 48.5 Å². The van der Waals surface area contributed by atoms with Crippen molar-refractivity contribution in [2.24, 2.45) is 0 Å². The Morgan fingerprint density at radius 2 is 0.722 bits per heavy atom. The molecule has 2 aromatic rings. The number of carbonyl (C=O) groups excluding carboxylic acids is 2. The van der Waals surface area contributed by atoms with Crippen LogP contribution in [0.5, 0.6) is 0 Å². The number of rotatable bonds is 0. The molecule has 3 aliphatic rings. The molecule has 4 nitrogen and oxygen atoms in total. The fourth-order valence-corrected chi connectivity index (χ4v) is 6.14. The summed E-state index contributed by atoms with van der Waals surface area (Å²) in [6.07, 6.45) is 17.6. The van der Waals surface area contributed by atoms with Crippen molar-refractivity contribution in [1.82, 2.24) is 0 Å². The molecule has 5 rings (SSSR count). The third kappa shape index (κ3) is 5.14. The summed E-state index contributed by atoms with van der Waals surface area (Å²) in [5.74, 6) is -0.0113. The summed E-state index contributed by atoms with van der Waals surface area (Å²) >= 11 is 0. The molecule has 0 radical (unpaired) electrons. The van der Waals surface area contributed by atoms with E-state index >= 15 is 0 Å². The van der Waals surface area contributed by atoms with Crippen molar-refractivity contribution < 1.29 is 9.59 Å². The van der Waals surface area contributed by atoms with Crippen LogP contribution >= 0.6 is 0 Å². The predicted octanol–water partition coefficient (Wildman–Crippen LogP) is 8.08. The smallest absolute Gasteiger partial charge is 0.213 e. The average molecular weight is 485 g/mol. The van der Waals surface area contributed by atoms with Gasteiger partial charge in [0.05, 0.1) is 11.4 Å². The van der Waals surface area contributed by atoms with Crippen LogP contribution in [-0.4, -0.2) is 24.7 Å². The van der Waals surface area contributed by atoms with Crippen molar-refractivity contribution in [2.75, 3.05) is 22.9 Å². The van der Waals surface area contributed by atoms with E-state index in [9.17, 15) is 9.59 Å². The van der Waals surface area contributed by atoms with Gasteiger partial charge in [-0.05, 0) is 37.1 Å². The molecule has 0 fully saturated rings. The summed E-state index contributed by atoms with van der Waals surface area (Å²) in [6.45, 7) is 1.55. The highest BCUT2D eigenvalue weighted by Gasteiger charge is 2.42. The summed E-state index contributed by atoms with van der Waals surface area (Å²) in [5, 5.41) is 0. The van der Waals surface area contributed by atoms with Crippen molar-refractivity contribution in [3.8, 4) is 0 Å². The lowest BCUT2D eigenvalue weighted by molar-refractivity contribution is 0.100.